The number of benzene rings is 1. The minimum Gasteiger partial charge on any atom is -0.383 e. The lowest BCUT2D eigenvalue weighted by Crippen LogP contribution is -1.99. The van der Waals surface area contributed by atoms with Crippen molar-refractivity contribution in [3.8, 4) is 21.8 Å². The van der Waals surface area contributed by atoms with Gasteiger partial charge in [0.1, 0.15) is 23.7 Å². The largest absolute Gasteiger partial charge is 0.383 e. The summed E-state index contributed by atoms with van der Waals surface area (Å²) >= 11 is 1.50. The van der Waals surface area contributed by atoms with Crippen LogP contribution in [-0.2, 0) is 6.54 Å². The van der Waals surface area contributed by atoms with Gasteiger partial charge in [-0.3, -0.25) is 0 Å². The molecule has 0 fully saturated rings. The summed E-state index contributed by atoms with van der Waals surface area (Å²) in [5.41, 5.74) is 8.63. The number of aryl methyl sites for hydroxylation is 1. The van der Waals surface area contributed by atoms with Gasteiger partial charge in [0.25, 0.3) is 0 Å². The van der Waals surface area contributed by atoms with Crippen molar-refractivity contribution in [3.63, 3.8) is 0 Å². The second-order valence-corrected chi connectivity index (χ2v) is 6.31. The Morgan fingerprint density at radius 3 is 2.71 bits per heavy atom. The Morgan fingerprint density at radius 2 is 1.96 bits per heavy atom. The molecule has 0 amide bonds. The SMILES string of the molecule is Nc1ncnc2sc(-c3c(-c4ccccc4)ncn3CCF)cc12. The van der Waals surface area contributed by atoms with Gasteiger partial charge in [-0.15, -0.1) is 11.3 Å². The average Bonchev–Trinajstić information content (AvgIpc) is 3.20. The maximum Gasteiger partial charge on any atom is 0.135 e. The highest BCUT2D eigenvalue weighted by molar-refractivity contribution is 7.21. The molecule has 7 heteroatoms. The number of hydrogen-bond acceptors (Lipinski definition) is 5. The number of anilines is 1. The second-order valence-electron chi connectivity index (χ2n) is 5.28. The number of thiophene rings is 1. The Kier molecular flexibility index (Phi) is 3.70. The standard InChI is InChI=1S/C17H14FN5S/c18-6-7-23-10-22-14(11-4-2-1-3-5-11)15(23)13-8-12-16(19)20-9-21-17(12)24-13/h1-5,8-10H,6-7H2,(H2,19,20,21). The van der Waals surface area contributed by atoms with Crippen LogP contribution in [0.5, 0.6) is 0 Å². The molecule has 3 aromatic heterocycles. The van der Waals surface area contributed by atoms with Crippen molar-refractivity contribution in [3.05, 3.63) is 49.1 Å². The van der Waals surface area contributed by atoms with E-state index in [1.165, 1.54) is 17.7 Å². The number of aromatic nitrogens is 4. The molecule has 0 atom stereocenters. The number of nitrogens with two attached hydrogens (primary N) is 1. The highest BCUT2D eigenvalue weighted by atomic mass is 32.1. The van der Waals surface area contributed by atoms with Crippen LogP contribution >= 0.6 is 11.3 Å². The van der Waals surface area contributed by atoms with Crippen molar-refractivity contribution in [1.29, 1.82) is 0 Å². The molecule has 5 nitrogen and oxygen atoms in total. The summed E-state index contributed by atoms with van der Waals surface area (Å²) in [5.74, 6) is 0.445. The third-order valence-corrected chi connectivity index (χ3v) is 4.85. The Bertz CT molecular complexity index is 993. The number of nitrogen functional groups attached to an aromatic ring is 1. The summed E-state index contributed by atoms with van der Waals surface area (Å²) in [5, 5.41) is 0.810. The molecule has 0 aliphatic heterocycles. The molecular weight excluding hydrogens is 325 g/mol. The Morgan fingerprint density at radius 1 is 1.12 bits per heavy atom. The van der Waals surface area contributed by atoms with Gasteiger partial charge in [-0.05, 0) is 6.07 Å². The number of fused-ring (bicyclic) bond motifs is 1. The molecule has 0 unspecified atom stereocenters. The van der Waals surface area contributed by atoms with E-state index in [-0.39, 0.29) is 6.54 Å². The van der Waals surface area contributed by atoms with Crippen LogP contribution in [0.25, 0.3) is 32.0 Å². The van der Waals surface area contributed by atoms with Gasteiger partial charge in [0, 0.05) is 5.56 Å². The predicted octanol–water partition coefficient (Wildman–Crippen LogP) is 3.77. The number of imidazole rings is 1. The summed E-state index contributed by atoms with van der Waals surface area (Å²) in [7, 11) is 0. The first-order valence-electron chi connectivity index (χ1n) is 7.45. The van der Waals surface area contributed by atoms with E-state index in [2.05, 4.69) is 15.0 Å². The number of hydrogen-bond donors (Lipinski definition) is 1. The zero-order valence-electron chi connectivity index (χ0n) is 12.7. The van der Waals surface area contributed by atoms with Crippen molar-refractivity contribution < 1.29 is 4.39 Å². The molecule has 0 radical (unpaired) electrons. The highest BCUT2D eigenvalue weighted by Gasteiger charge is 2.18. The van der Waals surface area contributed by atoms with Crippen LogP contribution < -0.4 is 5.73 Å². The molecule has 0 aliphatic rings. The van der Waals surface area contributed by atoms with Gasteiger partial charge in [0.2, 0.25) is 0 Å². The van der Waals surface area contributed by atoms with Crippen molar-refractivity contribution >= 4 is 27.4 Å². The molecule has 0 saturated heterocycles. The van der Waals surface area contributed by atoms with E-state index in [9.17, 15) is 4.39 Å². The zero-order chi connectivity index (χ0) is 16.5. The smallest absolute Gasteiger partial charge is 0.135 e. The van der Waals surface area contributed by atoms with Crippen LogP contribution in [-0.4, -0.2) is 26.2 Å². The first-order valence-corrected chi connectivity index (χ1v) is 8.26. The lowest BCUT2D eigenvalue weighted by Gasteiger charge is -2.06. The van der Waals surface area contributed by atoms with E-state index in [1.54, 1.807) is 6.33 Å². The fourth-order valence-corrected chi connectivity index (χ4v) is 3.77. The minimum absolute atomic E-state index is 0.255. The molecular formula is C17H14FN5S. The summed E-state index contributed by atoms with van der Waals surface area (Å²) in [4.78, 5) is 14.6. The number of rotatable bonds is 4. The van der Waals surface area contributed by atoms with Gasteiger partial charge in [-0.25, -0.2) is 19.3 Å². The fourth-order valence-electron chi connectivity index (χ4n) is 2.70. The minimum atomic E-state index is -0.454. The van der Waals surface area contributed by atoms with Gasteiger partial charge < -0.3 is 10.3 Å². The monoisotopic (exact) mass is 339 g/mol. The fraction of sp³-hybridized carbons (Fsp3) is 0.118. The number of nitrogens with zero attached hydrogens (tertiary/aromatic N) is 4. The second kappa shape index (κ2) is 6.01. The van der Waals surface area contributed by atoms with E-state index in [0.717, 1.165) is 32.0 Å². The molecule has 2 N–H and O–H groups in total. The Labute approximate surface area is 141 Å². The highest BCUT2D eigenvalue weighted by Crippen LogP contribution is 2.38. The summed E-state index contributed by atoms with van der Waals surface area (Å²) in [6.45, 7) is -0.199. The van der Waals surface area contributed by atoms with E-state index in [1.807, 2.05) is 41.0 Å². The van der Waals surface area contributed by atoms with E-state index in [0.29, 0.717) is 5.82 Å². The van der Waals surface area contributed by atoms with E-state index < -0.39 is 6.67 Å². The third kappa shape index (κ3) is 2.43. The number of halogens is 1. The molecule has 120 valence electrons. The molecule has 4 rings (SSSR count). The maximum atomic E-state index is 13.0. The van der Waals surface area contributed by atoms with Gasteiger partial charge in [-0.1, -0.05) is 30.3 Å². The predicted molar refractivity (Wildman–Crippen MR) is 94.5 cm³/mol. The molecule has 1 aromatic carbocycles. The van der Waals surface area contributed by atoms with E-state index in [4.69, 9.17) is 5.73 Å². The van der Waals surface area contributed by atoms with E-state index >= 15 is 0 Å². The Hall–Kier alpha value is -2.80. The van der Waals surface area contributed by atoms with Crippen molar-refractivity contribution in [1.82, 2.24) is 19.5 Å². The van der Waals surface area contributed by atoms with Crippen molar-refractivity contribution in [2.75, 3.05) is 12.4 Å². The first kappa shape index (κ1) is 14.8. The van der Waals surface area contributed by atoms with Gasteiger partial charge >= 0.3 is 0 Å². The van der Waals surface area contributed by atoms with Gasteiger partial charge in [0.15, 0.2) is 0 Å². The molecule has 0 aliphatic carbocycles. The van der Waals surface area contributed by atoms with Crippen LogP contribution in [0.1, 0.15) is 0 Å². The normalized spacial score (nSPS) is 11.2. The number of alkyl halides is 1. The average molecular weight is 339 g/mol. The summed E-state index contributed by atoms with van der Waals surface area (Å²) in [6.07, 6.45) is 3.13. The van der Waals surface area contributed by atoms with Crippen molar-refractivity contribution in [2.24, 2.45) is 0 Å². The summed E-state index contributed by atoms with van der Waals surface area (Å²) in [6, 6.07) is 11.8. The third-order valence-electron chi connectivity index (χ3n) is 3.80. The first-order chi connectivity index (χ1) is 11.8. The lowest BCUT2D eigenvalue weighted by atomic mass is 10.1. The van der Waals surface area contributed by atoms with Crippen molar-refractivity contribution in [2.45, 2.75) is 6.54 Å². The van der Waals surface area contributed by atoms with Gasteiger partial charge in [-0.2, -0.15) is 0 Å². The molecule has 0 saturated carbocycles. The Balaban J connectivity index is 1.94. The van der Waals surface area contributed by atoms with Crippen LogP contribution in [0.4, 0.5) is 10.2 Å². The summed E-state index contributed by atoms with van der Waals surface area (Å²) < 4.78 is 14.8. The quantitative estimate of drug-likeness (QED) is 0.614. The van der Waals surface area contributed by atoms with Crippen LogP contribution in [0.3, 0.4) is 0 Å². The molecule has 0 spiro atoms. The maximum absolute atomic E-state index is 13.0. The van der Waals surface area contributed by atoms with Crippen LogP contribution in [0.15, 0.2) is 49.1 Å². The molecule has 3 heterocycles. The van der Waals surface area contributed by atoms with Crippen LogP contribution in [0, 0.1) is 0 Å². The molecule has 24 heavy (non-hydrogen) atoms. The zero-order valence-corrected chi connectivity index (χ0v) is 13.5. The lowest BCUT2D eigenvalue weighted by molar-refractivity contribution is 0.447. The van der Waals surface area contributed by atoms with Gasteiger partial charge in [0.05, 0.1) is 34.5 Å². The topological polar surface area (TPSA) is 69.6 Å². The van der Waals surface area contributed by atoms with Crippen LogP contribution in [0.2, 0.25) is 0 Å². The molecule has 4 aromatic rings. The molecule has 0 bridgehead atoms.